The van der Waals surface area contributed by atoms with Gasteiger partial charge < -0.3 is 19.9 Å². The molecule has 1 aromatic carbocycles. The first-order valence-electron chi connectivity index (χ1n) is 9.18. The van der Waals surface area contributed by atoms with Crippen LogP contribution in [0.15, 0.2) is 36.4 Å². The molecule has 4 rings (SSSR count). The molecule has 1 saturated carbocycles. The highest BCUT2D eigenvalue weighted by molar-refractivity contribution is 5.96. The molecule has 6 heteroatoms. The number of carbonyl (C=O) groups is 2. The number of hydrogen-bond acceptors (Lipinski definition) is 4. The molecule has 1 saturated heterocycles. The summed E-state index contributed by atoms with van der Waals surface area (Å²) >= 11 is 0. The number of rotatable bonds is 6. The Morgan fingerprint density at radius 3 is 2.54 bits per heavy atom. The van der Waals surface area contributed by atoms with E-state index >= 15 is 0 Å². The maximum absolute atomic E-state index is 12.6. The van der Waals surface area contributed by atoms with Crippen LogP contribution in [0.4, 0.5) is 5.69 Å². The summed E-state index contributed by atoms with van der Waals surface area (Å²) in [6.07, 6.45) is 6.94. The average Bonchev–Trinajstić information content (AvgIpc) is 3.37. The van der Waals surface area contributed by atoms with E-state index in [0.717, 1.165) is 31.6 Å². The Balaban J connectivity index is 1.35. The lowest BCUT2D eigenvalue weighted by Crippen LogP contribution is -2.36. The number of carboxylic acid groups (broad SMARTS) is 1. The van der Waals surface area contributed by atoms with Gasteiger partial charge in [0.2, 0.25) is 5.91 Å². The smallest absolute Gasteiger partial charge is 0.307 e. The highest BCUT2D eigenvalue weighted by atomic mass is 16.5. The van der Waals surface area contributed by atoms with Gasteiger partial charge in [-0.2, -0.15) is 0 Å². The number of ether oxygens (including phenoxy) is 2. The van der Waals surface area contributed by atoms with Gasteiger partial charge in [-0.3, -0.25) is 9.59 Å². The van der Waals surface area contributed by atoms with Crippen LogP contribution in [-0.4, -0.2) is 36.3 Å². The molecule has 2 aliphatic carbocycles. The molecular formula is C20H23NO5. The van der Waals surface area contributed by atoms with Crippen molar-refractivity contribution in [1.82, 2.24) is 0 Å². The first-order chi connectivity index (χ1) is 12.6. The van der Waals surface area contributed by atoms with Crippen molar-refractivity contribution in [2.75, 3.05) is 18.5 Å². The summed E-state index contributed by atoms with van der Waals surface area (Å²) in [6, 6.07) is 7.17. The molecule has 6 nitrogen and oxygen atoms in total. The van der Waals surface area contributed by atoms with E-state index in [9.17, 15) is 14.7 Å². The Labute approximate surface area is 152 Å². The molecule has 5 atom stereocenters. The van der Waals surface area contributed by atoms with E-state index in [-0.39, 0.29) is 23.8 Å². The third kappa shape index (κ3) is 3.33. The summed E-state index contributed by atoms with van der Waals surface area (Å²) in [5, 5.41) is 12.3. The maximum Gasteiger partial charge on any atom is 0.307 e. The average molecular weight is 357 g/mol. The van der Waals surface area contributed by atoms with Crippen molar-refractivity contribution >= 4 is 17.6 Å². The monoisotopic (exact) mass is 357 g/mol. The largest absolute Gasteiger partial charge is 0.491 e. The molecule has 0 aromatic heterocycles. The maximum atomic E-state index is 12.6. The molecule has 0 unspecified atom stereocenters. The second-order valence-electron chi connectivity index (χ2n) is 7.30. The second kappa shape index (κ2) is 7.11. The zero-order valence-electron chi connectivity index (χ0n) is 14.5. The number of carboxylic acids is 1. The van der Waals surface area contributed by atoms with Gasteiger partial charge >= 0.3 is 5.97 Å². The molecular weight excluding hydrogens is 334 g/mol. The Morgan fingerprint density at radius 1 is 1.15 bits per heavy atom. The molecule has 1 aliphatic heterocycles. The van der Waals surface area contributed by atoms with Gasteiger partial charge in [-0.25, -0.2) is 0 Å². The van der Waals surface area contributed by atoms with Gasteiger partial charge in [-0.15, -0.1) is 0 Å². The van der Waals surface area contributed by atoms with Crippen LogP contribution < -0.4 is 10.1 Å². The number of allylic oxidation sites excluding steroid dienone is 2. The molecule has 2 N–H and O–H groups in total. The molecule has 1 amide bonds. The van der Waals surface area contributed by atoms with E-state index in [1.807, 2.05) is 12.2 Å². The molecule has 0 spiro atoms. The number of carbonyl (C=O) groups excluding carboxylic acids is 1. The van der Waals surface area contributed by atoms with Crippen LogP contribution in [0.2, 0.25) is 0 Å². The molecule has 2 fully saturated rings. The first kappa shape index (κ1) is 17.1. The van der Waals surface area contributed by atoms with E-state index in [1.54, 1.807) is 24.3 Å². The Kier molecular flexibility index (Phi) is 4.68. The van der Waals surface area contributed by atoms with E-state index in [2.05, 4.69) is 5.32 Å². The van der Waals surface area contributed by atoms with Crippen molar-refractivity contribution in [3.63, 3.8) is 0 Å². The predicted octanol–water partition coefficient (Wildman–Crippen LogP) is 2.71. The van der Waals surface area contributed by atoms with Gasteiger partial charge in [-0.05, 0) is 55.4 Å². The topological polar surface area (TPSA) is 84.9 Å². The number of fused-ring (bicyclic) bond motifs is 2. The van der Waals surface area contributed by atoms with Crippen molar-refractivity contribution in [3.8, 4) is 5.75 Å². The lowest BCUT2D eigenvalue weighted by molar-refractivity contribution is -0.146. The van der Waals surface area contributed by atoms with Crippen LogP contribution >= 0.6 is 0 Å². The highest BCUT2D eigenvalue weighted by Gasteiger charge is 2.51. The molecule has 2 bridgehead atoms. The zero-order chi connectivity index (χ0) is 18.1. The minimum absolute atomic E-state index is 0.0233. The number of nitrogens with one attached hydrogen (secondary N) is 1. The van der Waals surface area contributed by atoms with Gasteiger partial charge in [0.05, 0.1) is 17.9 Å². The number of anilines is 1. The normalized spacial score (nSPS) is 31.9. The van der Waals surface area contributed by atoms with E-state index in [4.69, 9.17) is 9.47 Å². The molecule has 138 valence electrons. The number of amides is 1. The predicted molar refractivity (Wildman–Crippen MR) is 94.9 cm³/mol. The fraction of sp³-hybridized carbons (Fsp3) is 0.500. The number of benzene rings is 1. The van der Waals surface area contributed by atoms with Gasteiger partial charge in [0.1, 0.15) is 12.4 Å². The van der Waals surface area contributed by atoms with Crippen molar-refractivity contribution in [2.24, 2.45) is 23.7 Å². The van der Waals surface area contributed by atoms with Gasteiger partial charge in [-0.1, -0.05) is 12.2 Å². The molecule has 0 radical (unpaired) electrons. The number of hydrogen-bond donors (Lipinski definition) is 2. The quantitative estimate of drug-likeness (QED) is 0.765. The van der Waals surface area contributed by atoms with Gasteiger partial charge in [0.15, 0.2) is 0 Å². The minimum atomic E-state index is -0.889. The van der Waals surface area contributed by atoms with Crippen molar-refractivity contribution in [3.05, 3.63) is 36.4 Å². The lowest BCUT2D eigenvalue weighted by atomic mass is 9.82. The van der Waals surface area contributed by atoms with Crippen molar-refractivity contribution in [1.29, 1.82) is 0 Å². The van der Waals surface area contributed by atoms with Gasteiger partial charge in [0.25, 0.3) is 0 Å². The van der Waals surface area contributed by atoms with Crippen LogP contribution in [0.3, 0.4) is 0 Å². The highest BCUT2D eigenvalue weighted by Crippen LogP contribution is 2.48. The summed E-state index contributed by atoms with van der Waals surface area (Å²) in [6.45, 7) is 1.33. The van der Waals surface area contributed by atoms with Crippen LogP contribution in [0.5, 0.6) is 5.75 Å². The SMILES string of the molecule is O=C(O)[C@H]1[C@H](C(=O)Nc2ccc(OC[C@@H]3CCCO3)cc2)[C@H]2C=C[C@H]1C2. The Morgan fingerprint density at radius 2 is 1.88 bits per heavy atom. The summed E-state index contributed by atoms with van der Waals surface area (Å²) in [4.78, 5) is 24.2. The van der Waals surface area contributed by atoms with Crippen LogP contribution in [-0.2, 0) is 14.3 Å². The first-order valence-corrected chi connectivity index (χ1v) is 9.18. The van der Waals surface area contributed by atoms with E-state index in [0.29, 0.717) is 12.3 Å². The molecule has 26 heavy (non-hydrogen) atoms. The van der Waals surface area contributed by atoms with Crippen molar-refractivity contribution in [2.45, 2.75) is 25.4 Å². The number of aliphatic carboxylic acids is 1. The fourth-order valence-corrected chi connectivity index (χ4v) is 4.34. The minimum Gasteiger partial charge on any atom is -0.491 e. The zero-order valence-corrected chi connectivity index (χ0v) is 14.5. The van der Waals surface area contributed by atoms with Crippen molar-refractivity contribution < 1.29 is 24.2 Å². The fourth-order valence-electron chi connectivity index (χ4n) is 4.34. The third-order valence-corrected chi connectivity index (χ3v) is 5.63. The lowest BCUT2D eigenvalue weighted by Gasteiger charge is -2.23. The molecule has 3 aliphatic rings. The summed E-state index contributed by atoms with van der Waals surface area (Å²) < 4.78 is 11.2. The molecule has 1 aromatic rings. The van der Waals surface area contributed by atoms with E-state index in [1.165, 1.54) is 0 Å². The Hall–Kier alpha value is -2.34. The second-order valence-corrected chi connectivity index (χ2v) is 7.30. The molecule has 1 heterocycles. The van der Waals surface area contributed by atoms with Gasteiger partial charge in [0, 0.05) is 12.3 Å². The van der Waals surface area contributed by atoms with Crippen LogP contribution in [0.25, 0.3) is 0 Å². The summed E-state index contributed by atoms with van der Waals surface area (Å²) in [5.41, 5.74) is 0.648. The van der Waals surface area contributed by atoms with Crippen LogP contribution in [0, 0.1) is 23.7 Å². The van der Waals surface area contributed by atoms with E-state index < -0.39 is 17.8 Å². The summed E-state index contributed by atoms with van der Waals surface area (Å²) in [5.74, 6) is -1.51. The van der Waals surface area contributed by atoms with Crippen LogP contribution in [0.1, 0.15) is 19.3 Å². The summed E-state index contributed by atoms with van der Waals surface area (Å²) in [7, 11) is 0. The Bertz CT molecular complexity index is 707. The standard InChI is InChI=1S/C20H23NO5/c22-19(17-12-3-4-13(10-12)18(17)20(23)24)21-14-5-7-15(8-6-14)26-11-16-2-1-9-25-16/h3-8,12-13,16-18H,1-2,9-11H2,(H,21,22)(H,23,24)/t12-,13-,16-,17+,18+/m0/s1. The third-order valence-electron chi connectivity index (χ3n) is 5.63.